The number of hydrogen-bond acceptors (Lipinski definition) is 4. The van der Waals surface area contributed by atoms with E-state index in [2.05, 4.69) is 6.92 Å². The molecule has 0 fully saturated rings. The zero-order valence-corrected chi connectivity index (χ0v) is 18.0. The molecule has 0 aromatic heterocycles. The molecule has 0 bridgehead atoms. The molecule has 0 aliphatic heterocycles. The molecule has 0 N–H and O–H groups in total. The van der Waals surface area contributed by atoms with Crippen molar-refractivity contribution < 1.29 is 18.8 Å². The number of benzene rings is 1. The molecule has 0 radical (unpaired) electrons. The summed E-state index contributed by atoms with van der Waals surface area (Å²) in [6.07, 6.45) is 7.95. The molecule has 26 heavy (non-hydrogen) atoms. The topological polar surface area (TPSA) is 52.6 Å². The zero-order valence-electron chi connectivity index (χ0n) is 17.0. The highest BCUT2D eigenvalue weighted by Crippen LogP contribution is 2.17. The quantitative estimate of drug-likeness (QED) is 0.270. The number of hydrogen-bond donors (Lipinski definition) is 0. The lowest BCUT2D eigenvalue weighted by Gasteiger charge is -2.19. The van der Waals surface area contributed by atoms with Gasteiger partial charge >= 0.3 is 11.9 Å². The van der Waals surface area contributed by atoms with E-state index in [0.29, 0.717) is 0 Å². The van der Waals surface area contributed by atoms with Crippen LogP contribution in [0, 0.1) is 0 Å². The first-order valence-corrected chi connectivity index (χ1v) is 13.2. The minimum absolute atomic E-state index is 0.158. The van der Waals surface area contributed by atoms with Gasteiger partial charge < -0.3 is 9.16 Å². The Bertz CT molecular complexity index is 578. The van der Waals surface area contributed by atoms with Gasteiger partial charge in [-0.3, -0.25) is 0 Å². The highest BCUT2D eigenvalue weighted by molar-refractivity contribution is 6.71. The van der Waals surface area contributed by atoms with Crippen LogP contribution < -0.4 is 0 Å². The lowest BCUT2D eigenvalue weighted by Crippen LogP contribution is -2.30. The molecule has 146 valence electrons. The van der Waals surface area contributed by atoms with Crippen molar-refractivity contribution in [2.24, 2.45) is 0 Å². The van der Waals surface area contributed by atoms with Crippen molar-refractivity contribution in [1.29, 1.82) is 0 Å². The van der Waals surface area contributed by atoms with Crippen LogP contribution in [0.5, 0.6) is 0 Å². The average Bonchev–Trinajstić information content (AvgIpc) is 2.56. The summed E-state index contributed by atoms with van der Waals surface area (Å²) in [7, 11) is -2.03. The molecule has 0 spiro atoms. The number of carbonyl (C=O) groups excluding carboxylic acids is 2. The summed E-state index contributed by atoms with van der Waals surface area (Å²) in [6, 6.07) is 6.72. The second kappa shape index (κ2) is 11.2. The van der Waals surface area contributed by atoms with Crippen molar-refractivity contribution in [2.45, 2.75) is 84.5 Å². The molecular formula is C21H34O4Si. The number of carbonyl (C=O) groups is 2. The number of rotatable bonds is 11. The van der Waals surface area contributed by atoms with E-state index in [0.717, 1.165) is 12.8 Å². The van der Waals surface area contributed by atoms with Gasteiger partial charge in [-0.1, -0.05) is 51.2 Å². The van der Waals surface area contributed by atoms with Crippen LogP contribution in [0.4, 0.5) is 0 Å². The highest BCUT2D eigenvalue weighted by atomic mass is 28.4. The van der Waals surface area contributed by atoms with Crippen LogP contribution in [0.1, 0.15) is 79.5 Å². The Kier molecular flexibility index (Phi) is 9.63. The van der Waals surface area contributed by atoms with E-state index >= 15 is 0 Å². The smallest absolute Gasteiger partial charge is 0.339 e. The second-order valence-corrected chi connectivity index (χ2v) is 12.2. The Hall–Kier alpha value is -1.62. The Labute approximate surface area is 159 Å². The molecular weight excluding hydrogens is 344 g/mol. The first-order valence-electron chi connectivity index (χ1n) is 9.78. The molecule has 0 saturated carbocycles. The van der Waals surface area contributed by atoms with Gasteiger partial charge in [0.05, 0.1) is 17.2 Å². The highest BCUT2D eigenvalue weighted by Gasteiger charge is 2.25. The van der Waals surface area contributed by atoms with Gasteiger partial charge in [0.15, 0.2) is 0 Å². The lowest BCUT2D eigenvalue weighted by atomic mass is 10.1. The molecule has 1 atom stereocenters. The Morgan fingerprint density at radius 1 is 0.923 bits per heavy atom. The Balaban J connectivity index is 2.58. The third-order valence-corrected chi connectivity index (χ3v) is 4.84. The minimum atomic E-state index is -2.03. The van der Waals surface area contributed by atoms with Crippen LogP contribution in [0.3, 0.4) is 0 Å². The average molecular weight is 379 g/mol. The molecule has 1 aromatic carbocycles. The summed E-state index contributed by atoms with van der Waals surface area (Å²) in [5, 5.41) is 0. The van der Waals surface area contributed by atoms with E-state index in [-0.39, 0.29) is 17.2 Å². The zero-order chi connectivity index (χ0) is 19.6. The van der Waals surface area contributed by atoms with Gasteiger partial charge in [-0.25, -0.2) is 9.59 Å². The molecule has 0 saturated heterocycles. The molecule has 0 amide bonds. The molecule has 0 aliphatic rings. The molecule has 1 rings (SSSR count). The fraction of sp³-hybridized carbons (Fsp3) is 0.619. The lowest BCUT2D eigenvalue weighted by molar-refractivity contribution is 0.0314. The van der Waals surface area contributed by atoms with Crippen molar-refractivity contribution in [2.75, 3.05) is 0 Å². The van der Waals surface area contributed by atoms with E-state index in [9.17, 15) is 9.59 Å². The van der Waals surface area contributed by atoms with Gasteiger partial charge in [0.1, 0.15) is 0 Å². The summed E-state index contributed by atoms with van der Waals surface area (Å²) in [5.74, 6) is -0.896. The van der Waals surface area contributed by atoms with E-state index in [1.54, 1.807) is 24.3 Å². The predicted octanol–water partition coefficient (Wildman–Crippen LogP) is 5.97. The van der Waals surface area contributed by atoms with E-state index in [1.807, 2.05) is 26.6 Å². The van der Waals surface area contributed by atoms with Crippen LogP contribution in [0.25, 0.3) is 0 Å². The van der Waals surface area contributed by atoms with Gasteiger partial charge in [-0.2, -0.15) is 0 Å². The summed E-state index contributed by atoms with van der Waals surface area (Å²) in [4.78, 5) is 24.9. The monoisotopic (exact) mass is 378 g/mol. The largest absolute Gasteiger partial charge is 0.516 e. The molecule has 5 heteroatoms. The van der Waals surface area contributed by atoms with Gasteiger partial charge in [-0.05, 0) is 51.5 Å². The van der Waals surface area contributed by atoms with Crippen LogP contribution in [-0.2, 0) is 9.16 Å². The fourth-order valence-electron chi connectivity index (χ4n) is 2.69. The third-order valence-electron chi connectivity index (χ3n) is 4.04. The third kappa shape index (κ3) is 8.65. The van der Waals surface area contributed by atoms with E-state index < -0.39 is 20.3 Å². The van der Waals surface area contributed by atoms with Crippen LogP contribution >= 0.6 is 0 Å². The first kappa shape index (κ1) is 22.4. The molecule has 1 unspecified atom stereocenters. The van der Waals surface area contributed by atoms with Crippen molar-refractivity contribution in [1.82, 2.24) is 0 Å². The summed E-state index contributed by atoms with van der Waals surface area (Å²) in [6.45, 7) is 9.93. The second-order valence-electron chi connectivity index (χ2n) is 7.82. The SMILES string of the molecule is CCCCCCCCC(C)OC(=O)c1ccccc1C(=O)O[Si](C)(C)C. The maximum Gasteiger partial charge on any atom is 0.339 e. The van der Waals surface area contributed by atoms with Gasteiger partial charge in [0, 0.05) is 0 Å². The number of ether oxygens (including phenoxy) is 1. The number of unbranched alkanes of at least 4 members (excludes halogenated alkanes) is 5. The van der Waals surface area contributed by atoms with Crippen molar-refractivity contribution in [3.63, 3.8) is 0 Å². The van der Waals surface area contributed by atoms with E-state index in [4.69, 9.17) is 9.16 Å². The predicted molar refractivity (Wildman–Crippen MR) is 108 cm³/mol. The first-order chi connectivity index (χ1) is 12.2. The standard InChI is InChI=1S/C21H34O4Si/c1-6-7-8-9-10-11-14-17(2)24-20(22)18-15-12-13-16-19(18)21(23)25-26(3,4)5/h12-13,15-17H,6-11,14H2,1-5H3. The summed E-state index contributed by atoms with van der Waals surface area (Å²) < 4.78 is 11.1. The maximum absolute atomic E-state index is 12.5. The van der Waals surface area contributed by atoms with Crippen LogP contribution in [0.2, 0.25) is 19.6 Å². The molecule has 4 nitrogen and oxygen atoms in total. The Morgan fingerprint density at radius 3 is 2.04 bits per heavy atom. The molecule has 0 aliphatic carbocycles. The van der Waals surface area contributed by atoms with E-state index in [1.165, 1.54) is 32.1 Å². The number of esters is 1. The van der Waals surface area contributed by atoms with Crippen molar-refractivity contribution >= 4 is 20.3 Å². The fourth-order valence-corrected chi connectivity index (χ4v) is 3.36. The molecule has 0 heterocycles. The maximum atomic E-state index is 12.5. The van der Waals surface area contributed by atoms with Crippen molar-refractivity contribution in [3.8, 4) is 0 Å². The van der Waals surface area contributed by atoms with Crippen LogP contribution in [-0.4, -0.2) is 26.4 Å². The van der Waals surface area contributed by atoms with Crippen molar-refractivity contribution in [3.05, 3.63) is 35.4 Å². The Morgan fingerprint density at radius 2 is 1.46 bits per heavy atom. The van der Waals surface area contributed by atoms with Gasteiger partial charge in [0.2, 0.25) is 8.32 Å². The minimum Gasteiger partial charge on any atom is -0.516 e. The normalized spacial score (nSPS) is 12.5. The summed E-state index contributed by atoms with van der Waals surface area (Å²) in [5.41, 5.74) is 0.567. The summed E-state index contributed by atoms with van der Waals surface area (Å²) >= 11 is 0. The van der Waals surface area contributed by atoms with Gasteiger partial charge in [-0.15, -0.1) is 0 Å². The van der Waals surface area contributed by atoms with Gasteiger partial charge in [0.25, 0.3) is 0 Å². The molecule has 1 aromatic rings. The van der Waals surface area contributed by atoms with Crippen LogP contribution in [0.15, 0.2) is 24.3 Å².